The van der Waals surface area contributed by atoms with Gasteiger partial charge >= 0.3 is 0 Å². The van der Waals surface area contributed by atoms with E-state index in [1.807, 2.05) is 6.07 Å². The van der Waals surface area contributed by atoms with Crippen molar-refractivity contribution in [3.8, 4) is 11.5 Å². The third kappa shape index (κ3) is 4.35. The molecule has 2 aliphatic heterocycles. The molecule has 0 bridgehead atoms. The van der Waals surface area contributed by atoms with Gasteiger partial charge < -0.3 is 14.2 Å². The van der Waals surface area contributed by atoms with Crippen molar-refractivity contribution < 1.29 is 28.6 Å². The molecule has 3 aromatic rings. The monoisotopic (exact) mass is 495 g/mol. The first kappa shape index (κ1) is 23.3. The molecule has 3 amide bonds. The van der Waals surface area contributed by atoms with E-state index in [1.165, 1.54) is 16.2 Å². The van der Waals surface area contributed by atoms with Crippen molar-refractivity contribution in [1.82, 2.24) is 4.98 Å². The number of amides is 3. The number of imide groups is 1. The van der Waals surface area contributed by atoms with Crippen molar-refractivity contribution >= 4 is 50.1 Å². The van der Waals surface area contributed by atoms with Gasteiger partial charge in [-0.2, -0.15) is 0 Å². The average molecular weight is 496 g/mol. The molecule has 0 N–H and O–H groups in total. The van der Waals surface area contributed by atoms with Crippen LogP contribution >= 0.6 is 11.3 Å². The van der Waals surface area contributed by atoms with Crippen molar-refractivity contribution in [2.24, 2.45) is 0 Å². The molecule has 10 heteroatoms. The molecular weight excluding hydrogens is 470 g/mol. The highest BCUT2D eigenvalue weighted by atomic mass is 32.1. The number of rotatable bonds is 7. The number of hydrogen-bond donors (Lipinski definition) is 0. The van der Waals surface area contributed by atoms with Gasteiger partial charge in [0.25, 0.3) is 5.91 Å². The van der Waals surface area contributed by atoms with E-state index in [4.69, 9.17) is 19.2 Å². The van der Waals surface area contributed by atoms with E-state index in [9.17, 15) is 14.4 Å². The lowest BCUT2D eigenvalue weighted by Crippen LogP contribution is -2.37. The summed E-state index contributed by atoms with van der Waals surface area (Å²) in [7, 11) is 3.17. The zero-order chi connectivity index (χ0) is 24.5. The third-order valence-electron chi connectivity index (χ3n) is 6.21. The van der Waals surface area contributed by atoms with Crippen LogP contribution in [0, 0.1) is 0 Å². The molecule has 2 fully saturated rings. The number of ether oxygens (including phenoxy) is 3. The predicted octanol–water partition coefficient (Wildman–Crippen LogP) is 3.79. The van der Waals surface area contributed by atoms with Gasteiger partial charge in [-0.15, -0.1) is 0 Å². The Morgan fingerprint density at radius 2 is 1.77 bits per heavy atom. The van der Waals surface area contributed by atoms with Crippen molar-refractivity contribution in [3.63, 3.8) is 0 Å². The summed E-state index contributed by atoms with van der Waals surface area (Å²) in [4.78, 5) is 45.4. The van der Waals surface area contributed by atoms with Crippen LogP contribution in [0.15, 0.2) is 36.4 Å². The number of benzene rings is 2. The molecule has 182 valence electrons. The lowest BCUT2D eigenvalue weighted by molar-refractivity contribution is -0.121. The van der Waals surface area contributed by atoms with Gasteiger partial charge in [-0.05, 0) is 49.2 Å². The number of nitrogens with zero attached hydrogens (tertiary/aromatic N) is 3. The second-order valence-corrected chi connectivity index (χ2v) is 9.34. The van der Waals surface area contributed by atoms with Crippen LogP contribution in [0.5, 0.6) is 11.5 Å². The number of fused-ring (bicyclic) bond motifs is 1. The van der Waals surface area contributed by atoms with E-state index >= 15 is 0 Å². The van der Waals surface area contributed by atoms with E-state index in [1.54, 1.807) is 49.5 Å². The molecule has 2 saturated heterocycles. The molecule has 2 aromatic carbocycles. The topological polar surface area (TPSA) is 98.3 Å². The fourth-order valence-electron chi connectivity index (χ4n) is 4.40. The summed E-state index contributed by atoms with van der Waals surface area (Å²) in [5, 5.41) is 0.511. The predicted molar refractivity (Wildman–Crippen MR) is 132 cm³/mol. The third-order valence-corrected chi connectivity index (χ3v) is 7.30. The molecule has 35 heavy (non-hydrogen) atoms. The lowest BCUT2D eigenvalue weighted by Gasteiger charge is -2.23. The molecule has 0 aliphatic carbocycles. The number of carbonyl (C=O) groups excluding carboxylic acids is 3. The van der Waals surface area contributed by atoms with Crippen molar-refractivity contribution in [1.29, 1.82) is 0 Å². The number of methoxy groups -OCH3 is 2. The Balaban J connectivity index is 1.50. The van der Waals surface area contributed by atoms with Gasteiger partial charge in [-0.25, -0.2) is 4.98 Å². The first-order valence-corrected chi connectivity index (χ1v) is 12.2. The highest BCUT2D eigenvalue weighted by Gasteiger charge is 2.31. The van der Waals surface area contributed by atoms with E-state index in [0.29, 0.717) is 46.5 Å². The van der Waals surface area contributed by atoms with Crippen molar-refractivity contribution in [2.45, 2.75) is 31.8 Å². The zero-order valence-electron chi connectivity index (χ0n) is 19.5. The number of carbonyl (C=O) groups is 3. The van der Waals surface area contributed by atoms with Crippen molar-refractivity contribution in [3.05, 3.63) is 42.0 Å². The summed E-state index contributed by atoms with van der Waals surface area (Å²) in [6.07, 6.45) is 2.13. The van der Waals surface area contributed by atoms with Gasteiger partial charge in [0.2, 0.25) is 11.8 Å². The molecule has 1 atom stereocenters. The Bertz CT molecular complexity index is 1230. The number of aromatic nitrogens is 1. The van der Waals surface area contributed by atoms with Crippen LogP contribution in [0.3, 0.4) is 0 Å². The summed E-state index contributed by atoms with van der Waals surface area (Å²) in [5.74, 6) is 0.538. The van der Waals surface area contributed by atoms with Crippen LogP contribution in [0.25, 0.3) is 10.2 Å². The number of thiazole rings is 1. The fourth-order valence-corrected chi connectivity index (χ4v) is 5.49. The average Bonchev–Trinajstić information content (AvgIpc) is 3.62. The summed E-state index contributed by atoms with van der Waals surface area (Å²) in [6, 6.07) is 10.1. The molecule has 9 nitrogen and oxygen atoms in total. The smallest absolute Gasteiger partial charge is 0.260 e. The normalized spacial score (nSPS) is 17.9. The number of hydrogen-bond acceptors (Lipinski definition) is 8. The summed E-state index contributed by atoms with van der Waals surface area (Å²) >= 11 is 1.35. The largest absolute Gasteiger partial charge is 0.495 e. The Kier molecular flexibility index (Phi) is 6.40. The van der Waals surface area contributed by atoms with E-state index in [0.717, 1.165) is 17.5 Å². The SMILES string of the molecule is COc1ccc(OC)c2sc(N(CC3CCCO3)C(=O)c3ccc(N4C(=O)CCC4=O)cc3)nc12. The summed E-state index contributed by atoms with van der Waals surface area (Å²) < 4.78 is 17.6. The van der Waals surface area contributed by atoms with E-state index in [-0.39, 0.29) is 36.7 Å². The molecule has 5 rings (SSSR count). The fraction of sp³-hybridized carbons (Fsp3) is 0.360. The van der Waals surface area contributed by atoms with Crippen LogP contribution in [0.1, 0.15) is 36.0 Å². The lowest BCUT2D eigenvalue weighted by atomic mass is 10.1. The second kappa shape index (κ2) is 9.63. The van der Waals surface area contributed by atoms with Crippen LogP contribution in [-0.2, 0) is 14.3 Å². The van der Waals surface area contributed by atoms with E-state index in [2.05, 4.69) is 0 Å². The number of anilines is 2. The molecule has 3 heterocycles. The maximum absolute atomic E-state index is 13.7. The highest BCUT2D eigenvalue weighted by Crippen LogP contribution is 2.40. The second-order valence-electron chi connectivity index (χ2n) is 8.36. The molecular formula is C25H25N3O6S. The molecule has 0 radical (unpaired) electrons. The van der Waals surface area contributed by atoms with Crippen molar-refractivity contribution in [2.75, 3.05) is 37.2 Å². The summed E-state index contributed by atoms with van der Waals surface area (Å²) in [6.45, 7) is 1.02. The van der Waals surface area contributed by atoms with Crippen LogP contribution < -0.4 is 19.3 Å². The van der Waals surface area contributed by atoms with Crippen LogP contribution in [0.4, 0.5) is 10.8 Å². The van der Waals surface area contributed by atoms with Gasteiger partial charge in [0.05, 0.1) is 32.6 Å². The molecule has 1 aromatic heterocycles. The van der Waals surface area contributed by atoms with Crippen LogP contribution in [-0.4, -0.2) is 56.2 Å². The van der Waals surface area contributed by atoms with E-state index < -0.39 is 0 Å². The molecule has 0 saturated carbocycles. The maximum atomic E-state index is 13.7. The molecule has 2 aliphatic rings. The Hall–Kier alpha value is -3.50. The molecule has 0 spiro atoms. The standard InChI is InChI=1S/C25H25N3O6S/c1-32-18-9-10-19(33-2)23-22(18)26-25(35-23)27(14-17-4-3-13-34-17)24(31)15-5-7-16(8-6-15)28-20(29)11-12-21(28)30/h5-10,17H,3-4,11-14H2,1-2H3. The Morgan fingerprint density at radius 3 is 2.40 bits per heavy atom. The first-order chi connectivity index (χ1) is 17.0. The molecule has 1 unspecified atom stereocenters. The minimum atomic E-state index is -0.247. The minimum Gasteiger partial charge on any atom is -0.495 e. The van der Waals surface area contributed by atoms with Gasteiger partial charge in [0, 0.05) is 25.0 Å². The summed E-state index contributed by atoms with van der Waals surface area (Å²) in [5.41, 5.74) is 1.51. The Morgan fingerprint density at radius 1 is 1.09 bits per heavy atom. The quantitative estimate of drug-likeness (QED) is 0.460. The van der Waals surface area contributed by atoms with Gasteiger partial charge in [0.1, 0.15) is 21.7 Å². The zero-order valence-corrected chi connectivity index (χ0v) is 20.3. The highest BCUT2D eigenvalue weighted by molar-refractivity contribution is 7.22. The Labute approximate surface area is 206 Å². The van der Waals surface area contributed by atoms with Gasteiger partial charge in [0.15, 0.2) is 5.13 Å². The van der Waals surface area contributed by atoms with Crippen LogP contribution in [0.2, 0.25) is 0 Å². The first-order valence-electron chi connectivity index (χ1n) is 11.4. The van der Waals surface area contributed by atoms with Gasteiger partial charge in [-0.3, -0.25) is 24.2 Å². The minimum absolute atomic E-state index is 0.0890. The van der Waals surface area contributed by atoms with Gasteiger partial charge in [-0.1, -0.05) is 11.3 Å². The maximum Gasteiger partial charge on any atom is 0.260 e.